The number of carbonyl (C=O) groups excluding carboxylic acids is 1. The van der Waals surface area contributed by atoms with Crippen molar-refractivity contribution in [1.82, 2.24) is 0 Å². The highest BCUT2D eigenvalue weighted by Gasteiger charge is 2.15. The van der Waals surface area contributed by atoms with Crippen LogP contribution in [0.3, 0.4) is 0 Å². The number of carbonyl (C=O) groups is 1. The Bertz CT molecular complexity index is 201. The van der Waals surface area contributed by atoms with E-state index in [0.29, 0.717) is 4.62 Å². The fourth-order valence-electron chi connectivity index (χ4n) is 0.375. The van der Waals surface area contributed by atoms with Gasteiger partial charge < -0.3 is 0 Å². The first-order valence-corrected chi connectivity index (χ1v) is 3.38. The Morgan fingerprint density at radius 1 is 1.78 bits per heavy atom. The van der Waals surface area contributed by atoms with Gasteiger partial charge in [-0.2, -0.15) is 0 Å². The molecule has 0 fully saturated rings. The average molecular weight is 209 g/mol. The molecule has 1 heterocycles. The Balaban J connectivity index is 2.82. The Morgan fingerprint density at radius 2 is 2.44 bits per heavy atom. The topological polar surface area (TPSA) is 41.8 Å². The molecule has 1 amide bonds. The predicted molar refractivity (Wildman–Crippen MR) is 39.5 cm³/mol. The van der Waals surface area contributed by atoms with Crippen molar-refractivity contribution in [2.24, 2.45) is 9.98 Å². The number of halogens is 2. The molecule has 48 valence electrons. The number of hydrogen-bond donors (Lipinski definition) is 0. The van der Waals surface area contributed by atoms with E-state index in [1.54, 1.807) is 0 Å². The summed E-state index contributed by atoms with van der Waals surface area (Å²) in [4.78, 5) is 17.6. The summed E-state index contributed by atoms with van der Waals surface area (Å²) in [5.74, 6) is -0.417. The normalized spacial score (nSPS) is 26.2. The molecule has 3 nitrogen and oxygen atoms in total. The summed E-state index contributed by atoms with van der Waals surface area (Å²) in [5.41, 5.74) is -0.843. The molecule has 0 radical (unpaired) electrons. The lowest BCUT2D eigenvalue weighted by atomic mass is 10.5. The highest BCUT2D eigenvalue weighted by molar-refractivity contribution is 9.19. The maximum absolute atomic E-state index is 10.5. The highest BCUT2D eigenvalue weighted by atomic mass is 79.9. The van der Waals surface area contributed by atoms with Crippen LogP contribution in [0, 0.1) is 0 Å². The highest BCUT2D eigenvalue weighted by Crippen LogP contribution is 2.06. The van der Waals surface area contributed by atoms with E-state index < -0.39 is 11.4 Å². The van der Waals surface area contributed by atoms with Gasteiger partial charge in [0.25, 0.3) is 5.91 Å². The maximum Gasteiger partial charge on any atom is 0.285 e. The van der Waals surface area contributed by atoms with Gasteiger partial charge in [0.1, 0.15) is 4.62 Å². The summed E-state index contributed by atoms with van der Waals surface area (Å²) in [6.07, 6.45) is 1.32. The Hall–Kier alpha value is -0.220. The van der Waals surface area contributed by atoms with Crippen LogP contribution in [0.15, 0.2) is 9.98 Å². The molecule has 0 aromatic heterocycles. The minimum absolute atomic E-state index is 0.417. The zero-order valence-corrected chi connectivity index (χ0v) is 6.56. The number of alkyl halides is 1. The standard InChI is InChI=1S/C4H2BrClN2O/c5-2-1-7-4(9)3(6)8-2/h1,3H. The molecular formula is C4H2BrClN2O. The molecule has 0 saturated heterocycles. The van der Waals surface area contributed by atoms with Crippen molar-refractivity contribution in [1.29, 1.82) is 0 Å². The van der Waals surface area contributed by atoms with Gasteiger partial charge in [0.2, 0.25) is 5.50 Å². The van der Waals surface area contributed by atoms with Gasteiger partial charge in [-0.3, -0.25) is 4.79 Å². The van der Waals surface area contributed by atoms with E-state index in [2.05, 4.69) is 25.9 Å². The third-order valence-electron chi connectivity index (χ3n) is 0.739. The van der Waals surface area contributed by atoms with Crippen molar-refractivity contribution in [3.63, 3.8) is 0 Å². The van der Waals surface area contributed by atoms with Gasteiger partial charge in [-0.25, -0.2) is 9.98 Å². The molecule has 0 spiro atoms. The summed E-state index contributed by atoms with van der Waals surface area (Å²) in [6, 6.07) is 0. The second-order valence-corrected chi connectivity index (χ2v) is 2.61. The van der Waals surface area contributed by atoms with Crippen LogP contribution < -0.4 is 0 Å². The fourth-order valence-corrected chi connectivity index (χ4v) is 0.962. The summed E-state index contributed by atoms with van der Waals surface area (Å²) < 4.78 is 0.502. The number of amides is 1. The minimum Gasteiger partial charge on any atom is -0.269 e. The fraction of sp³-hybridized carbons (Fsp3) is 0.250. The third kappa shape index (κ3) is 1.59. The molecule has 1 atom stereocenters. The van der Waals surface area contributed by atoms with Crippen LogP contribution in [0.25, 0.3) is 0 Å². The molecule has 1 rings (SSSR count). The van der Waals surface area contributed by atoms with Gasteiger partial charge in [0.15, 0.2) is 0 Å². The van der Waals surface area contributed by atoms with Crippen LogP contribution >= 0.6 is 27.5 Å². The monoisotopic (exact) mass is 208 g/mol. The third-order valence-corrected chi connectivity index (χ3v) is 1.43. The molecule has 1 aliphatic heterocycles. The van der Waals surface area contributed by atoms with E-state index in [1.165, 1.54) is 6.21 Å². The molecule has 0 aromatic carbocycles. The number of rotatable bonds is 0. The number of nitrogens with zero attached hydrogens (tertiary/aromatic N) is 2. The van der Waals surface area contributed by atoms with Gasteiger partial charge >= 0.3 is 0 Å². The van der Waals surface area contributed by atoms with Crippen molar-refractivity contribution in [3.05, 3.63) is 0 Å². The largest absolute Gasteiger partial charge is 0.285 e. The smallest absolute Gasteiger partial charge is 0.269 e. The molecule has 1 aliphatic rings. The Labute approximate surface area is 65.0 Å². The van der Waals surface area contributed by atoms with Crippen molar-refractivity contribution in [2.75, 3.05) is 0 Å². The van der Waals surface area contributed by atoms with Gasteiger partial charge in [-0.15, -0.1) is 0 Å². The van der Waals surface area contributed by atoms with Crippen LogP contribution in [0.1, 0.15) is 0 Å². The van der Waals surface area contributed by atoms with Crippen LogP contribution in [0.5, 0.6) is 0 Å². The van der Waals surface area contributed by atoms with E-state index in [4.69, 9.17) is 11.6 Å². The lowest BCUT2D eigenvalue weighted by Crippen LogP contribution is -2.16. The predicted octanol–water partition coefficient (Wildman–Crippen LogP) is 0.956. The SMILES string of the molecule is O=C1N=CC(Br)=NC1Cl. The first-order valence-electron chi connectivity index (χ1n) is 2.15. The van der Waals surface area contributed by atoms with Gasteiger partial charge in [-0.05, 0) is 15.9 Å². The second kappa shape index (κ2) is 2.58. The molecule has 9 heavy (non-hydrogen) atoms. The molecule has 0 N–H and O–H groups in total. The first-order chi connectivity index (χ1) is 4.20. The molecule has 0 aliphatic carbocycles. The lowest BCUT2D eigenvalue weighted by molar-refractivity contribution is -0.117. The summed E-state index contributed by atoms with van der Waals surface area (Å²) in [5, 5.41) is 0. The van der Waals surface area contributed by atoms with Gasteiger partial charge in [-0.1, -0.05) is 11.6 Å². The van der Waals surface area contributed by atoms with E-state index >= 15 is 0 Å². The van der Waals surface area contributed by atoms with Crippen LogP contribution in [-0.2, 0) is 4.79 Å². The zero-order valence-electron chi connectivity index (χ0n) is 4.21. The van der Waals surface area contributed by atoms with E-state index in [-0.39, 0.29) is 0 Å². The maximum atomic E-state index is 10.5. The van der Waals surface area contributed by atoms with Crippen LogP contribution in [0.2, 0.25) is 0 Å². The van der Waals surface area contributed by atoms with E-state index in [0.717, 1.165) is 0 Å². The molecule has 0 saturated carbocycles. The summed E-state index contributed by atoms with van der Waals surface area (Å²) >= 11 is 8.40. The van der Waals surface area contributed by atoms with E-state index in [1.807, 2.05) is 0 Å². The second-order valence-electron chi connectivity index (χ2n) is 1.38. The first kappa shape index (κ1) is 6.89. The molecule has 1 unspecified atom stereocenters. The number of aliphatic imine (C=N–C) groups is 2. The van der Waals surface area contributed by atoms with E-state index in [9.17, 15) is 4.79 Å². The average Bonchev–Trinajstić information content (AvgIpc) is 1.80. The molecule has 5 heteroatoms. The Morgan fingerprint density at radius 3 is 2.89 bits per heavy atom. The summed E-state index contributed by atoms with van der Waals surface area (Å²) in [7, 11) is 0. The zero-order chi connectivity index (χ0) is 6.85. The number of hydrogen-bond acceptors (Lipinski definition) is 2. The summed E-state index contributed by atoms with van der Waals surface area (Å²) in [6.45, 7) is 0. The van der Waals surface area contributed by atoms with Crippen LogP contribution in [0.4, 0.5) is 0 Å². The Kier molecular flexibility index (Phi) is 1.97. The van der Waals surface area contributed by atoms with Crippen molar-refractivity contribution in [2.45, 2.75) is 5.50 Å². The van der Waals surface area contributed by atoms with Gasteiger partial charge in [0.05, 0.1) is 6.21 Å². The molecule has 0 bridgehead atoms. The van der Waals surface area contributed by atoms with Crippen LogP contribution in [-0.4, -0.2) is 22.2 Å². The quantitative estimate of drug-likeness (QED) is 0.433. The lowest BCUT2D eigenvalue weighted by Gasteiger charge is -2.01. The van der Waals surface area contributed by atoms with Crippen molar-refractivity contribution < 1.29 is 4.79 Å². The van der Waals surface area contributed by atoms with Gasteiger partial charge in [0, 0.05) is 0 Å². The van der Waals surface area contributed by atoms with Crippen molar-refractivity contribution in [3.8, 4) is 0 Å². The molecular weight excluding hydrogens is 207 g/mol. The van der Waals surface area contributed by atoms with Crippen molar-refractivity contribution >= 4 is 44.3 Å². The minimum atomic E-state index is -0.843. The molecule has 0 aromatic rings.